The topological polar surface area (TPSA) is 9.23 Å². The van der Waals surface area contributed by atoms with E-state index < -0.39 is 0 Å². The van der Waals surface area contributed by atoms with Crippen molar-refractivity contribution in [3.63, 3.8) is 0 Å². The van der Waals surface area contributed by atoms with Crippen molar-refractivity contribution in [3.05, 3.63) is 27.2 Å². The van der Waals surface area contributed by atoms with E-state index >= 15 is 0 Å². The highest BCUT2D eigenvalue weighted by Crippen LogP contribution is 2.35. The lowest BCUT2D eigenvalue weighted by Crippen LogP contribution is -2.02. The van der Waals surface area contributed by atoms with Crippen LogP contribution in [0, 0.1) is 5.92 Å². The molecule has 0 radical (unpaired) electrons. The van der Waals surface area contributed by atoms with E-state index in [1.54, 1.807) is 12.1 Å². The van der Waals surface area contributed by atoms with Gasteiger partial charge < -0.3 is 4.74 Å². The van der Waals surface area contributed by atoms with Gasteiger partial charge in [-0.1, -0.05) is 48.7 Å². The highest BCUT2D eigenvalue weighted by molar-refractivity contribution is 6.40. The summed E-state index contributed by atoms with van der Waals surface area (Å²) in [6.45, 7) is 4.88. The van der Waals surface area contributed by atoms with Gasteiger partial charge in [0.1, 0.15) is 0 Å². The number of rotatable bonds is 4. The molecule has 0 unspecified atom stereocenters. The molecule has 1 rings (SSSR count). The van der Waals surface area contributed by atoms with Crippen LogP contribution in [0.3, 0.4) is 0 Å². The molecule has 0 bridgehead atoms. The second kappa shape index (κ2) is 5.83. The van der Waals surface area contributed by atoms with E-state index in [4.69, 9.17) is 39.5 Å². The molecule has 0 spiro atoms. The lowest BCUT2D eigenvalue weighted by molar-refractivity contribution is 0.290. The van der Waals surface area contributed by atoms with Crippen molar-refractivity contribution in [2.45, 2.75) is 20.3 Å². The van der Waals surface area contributed by atoms with Crippen molar-refractivity contribution in [3.8, 4) is 5.75 Å². The third-order valence-electron chi connectivity index (χ3n) is 1.90. The molecule has 0 atom stereocenters. The quantitative estimate of drug-likeness (QED) is 0.740. The monoisotopic (exact) mass is 266 g/mol. The zero-order valence-corrected chi connectivity index (χ0v) is 11.0. The molecular weight excluding hydrogens is 254 g/mol. The number of hydrogen-bond acceptors (Lipinski definition) is 1. The molecule has 1 aromatic carbocycles. The highest BCUT2D eigenvalue weighted by atomic mass is 35.5. The van der Waals surface area contributed by atoms with E-state index in [1.165, 1.54) is 0 Å². The number of benzene rings is 1. The Balaban J connectivity index is 2.68. The van der Waals surface area contributed by atoms with Crippen LogP contribution in [-0.4, -0.2) is 6.61 Å². The minimum Gasteiger partial charge on any atom is -0.490 e. The van der Waals surface area contributed by atoms with Gasteiger partial charge in [-0.05, 0) is 24.5 Å². The van der Waals surface area contributed by atoms with Crippen LogP contribution >= 0.6 is 34.8 Å². The molecular formula is C11H13Cl3O. The summed E-state index contributed by atoms with van der Waals surface area (Å²) in [5.41, 5.74) is 0. The summed E-state index contributed by atoms with van der Waals surface area (Å²) < 4.78 is 5.51. The van der Waals surface area contributed by atoms with Crippen LogP contribution in [0.1, 0.15) is 20.3 Å². The largest absolute Gasteiger partial charge is 0.490 e. The predicted molar refractivity (Wildman–Crippen MR) is 66.4 cm³/mol. The molecule has 0 aliphatic carbocycles. The van der Waals surface area contributed by atoms with E-state index in [0.717, 1.165) is 6.42 Å². The maximum absolute atomic E-state index is 5.96. The van der Waals surface area contributed by atoms with E-state index in [2.05, 4.69) is 13.8 Å². The fourth-order valence-electron chi connectivity index (χ4n) is 1.06. The van der Waals surface area contributed by atoms with Gasteiger partial charge in [-0.2, -0.15) is 0 Å². The second-order valence-corrected chi connectivity index (χ2v) is 4.98. The molecule has 15 heavy (non-hydrogen) atoms. The summed E-state index contributed by atoms with van der Waals surface area (Å²) in [5.74, 6) is 1.11. The standard InChI is InChI=1S/C11H13Cl3O/c1-7(2)3-4-15-11-9(13)5-8(12)6-10(11)14/h5-7H,3-4H2,1-2H3. The fourth-order valence-corrected chi connectivity index (χ4v) is 1.99. The summed E-state index contributed by atoms with van der Waals surface area (Å²) in [5, 5.41) is 1.42. The molecule has 0 heterocycles. The van der Waals surface area contributed by atoms with Crippen LogP contribution < -0.4 is 4.74 Å². The number of halogens is 3. The normalized spacial score (nSPS) is 10.8. The average Bonchev–Trinajstić information content (AvgIpc) is 2.08. The second-order valence-electron chi connectivity index (χ2n) is 3.73. The van der Waals surface area contributed by atoms with E-state index in [-0.39, 0.29) is 0 Å². The molecule has 0 aliphatic heterocycles. The first-order chi connectivity index (χ1) is 7.00. The Bertz CT molecular complexity index is 314. The maximum atomic E-state index is 5.96. The molecule has 1 aromatic rings. The highest BCUT2D eigenvalue weighted by Gasteiger charge is 2.09. The van der Waals surface area contributed by atoms with Gasteiger partial charge in [0.05, 0.1) is 16.7 Å². The van der Waals surface area contributed by atoms with Crippen molar-refractivity contribution in [2.75, 3.05) is 6.61 Å². The molecule has 0 fully saturated rings. The number of hydrogen-bond donors (Lipinski definition) is 0. The SMILES string of the molecule is CC(C)CCOc1c(Cl)cc(Cl)cc1Cl. The van der Waals surface area contributed by atoms with Gasteiger partial charge in [-0.3, -0.25) is 0 Å². The van der Waals surface area contributed by atoms with Crippen LogP contribution in [0.15, 0.2) is 12.1 Å². The van der Waals surface area contributed by atoms with E-state index in [0.29, 0.717) is 33.3 Å². The minimum atomic E-state index is 0.455. The molecule has 0 saturated carbocycles. The minimum absolute atomic E-state index is 0.455. The van der Waals surface area contributed by atoms with Gasteiger partial charge in [0.25, 0.3) is 0 Å². The zero-order chi connectivity index (χ0) is 11.4. The lowest BCUT2D eigenvalue weighted by atomic mass is 10.1. The van der Waals surface area contributed by atoms with Crippen LogP contribution in [0.25, 0.3) is 0 Å². The summed E-state index contributed by atoms with van der Waals surface area (Å²) in [6, 6.07) is 3.25. The Morgan fingerprint density at radius 3 is 2.13 bits per heavy atom. The molecule has 1 nitrogen and oxygen atoms in total. The molecule has 0 N–H and O–H groups in total. The van der Waals surface area contributed by atoms with Crippen LogP contribution in [-0.2, 0) is 0 Å². The molecule has 0 aromatic heterocycles. The molecule has 0 amide bonds. The number of ether oxygens (including phenoxy) is 1. The first-order valence-electron chi connectivity index (χ1n) is 4.78. The Labute approximate surface area is 105 Å². The molecule has 0 aliphatic rings. The van der Waals surface area contributed by atoms with Crippen molar-refractivity contribution >= 4 is 34.8 Å². The smallest absolute Gasteiger partial charge is 0.156 e. The van der Waals surface area contributed by atoms with E-state index in [9.17, 15) is 0 Å². The van der Waals surface area contributed by atoms with Crippen LogP contribution in [0.4, 0.5) is 0 Å². The molecule has 0 saturated heterocycles. The Morgan fingerprint density at radius 2 is 1.67 bits per heavy atom. The summed E-state index contributed by atoms with van der Waals surface area (Å²) in [4.78, 5) is 0. The van der Waals surface area contributed by atoms with Crippen molar-refractivity contribution in [1.29, 1.82) is 0 Å². The zero-order valence-electron chi connectivity index (χ0n) is 8.69. The third kappa shape index (κ3) is 4.10. The van der Waals surface area contributed by atoms with Gasteiger partial charge in [-0.25, -0.2) is 0 Å². The Morgan fingerprint density at radius 1 is 1.13 bits per heavy atom. The summed E-state index contributed by atoms with van der Waals surface area (Å²) in [7, 11) is 0. The first kappa shape index (κ1) is 13.0. The third-order valence-corrected chi connectivity index (χ3v) is 2.68. The Kier molecular flexibility index (Phi) is 5.04. The van der Waals surface area contributed by atoms with Gasteiger partial charge in [0, 0.05) is 5.02 Å². The summed E-state index contributed by atoms with van der Waals surface area (Å²) in [6.07, 6.45) is 0.968. The van der Waals surface area contributed by atoms with E-state index in [1.807, 2.05) is 0 Å². The van der Waals surface area contributed by atoms with Gasteiger partial charge >= 0.3 is 0 Å². The van der Waals surface area contributed by atoms with Gasteiger partial charge in [-0.15, -0.1) is 0 Å². The van der Waals surface area contributed by atoms with Crippen molar-refractivity contribution in [1.82, 2.24) is 0 Å². The maximum Gasteiger partial charge on any atom is 0.156 e. The van der Waals surface area contributed by atoms with Gasteiger partial charge in [0.15, 0.2) is 5.75 Å². The predicted octanol–water partition coefficient (Wildman–Crippen LogP) is 5.07. The first-order valence-corrected chi connectivity index (χ1v) is 5.91. The van der Waals surface area contributed by atoms with Crippen molar-refractivity contribution in [2.24, 2.45) is 5.92 Å². The van der Waals surface area contributed by atoms with Crippen molar-refractivity contribution < 1.29 is 4.74 Å². The molecule has 4 heteroatoms. The Hall–Kier alpha value is -0.110. The van der Waals surface area contributed by atoms with Gasteiger partial charge in [0.2, 0.25) is 0 Å². The summed E-state index contributed by atoms with van der Waals surface area (Å²) >= 11 is 17.7. The average molecular weight is 268 g/mol. The van der Waals surface area contributed by atoms with Crippen LogP contribution in [0.5, 0.6) is 5.75 Å². The fraction of sp³-hybridized carbons (Fsp3) is 0.455. The lowest BCUT2D eigenvalue weighted by Gasteiger charge is -2.11. The van der Waals surface area contributed by atoms with Crippen LogP contribution in [0.2, 0.25) is 15.1 Å². The molecule has 84 valence electrons.